The van der Waals surface area contributed by atoms with Gasteiger partial charge in [-0.15, -0.1) is 0 Å². The van der Waals surface area contributed by atoms with Gasteiger partial charge < -0.3 is 11.1 Å². The summed E-state index contributed by atoms with van der Waals surface area (Å²) in [6.07, 6.45) is 3.72. The molecule has 1 aromatic heterocycles. The number of nitrogens with zero attached hydrogens (tertiary/aromatic N) is 2. The minimum atomic E-state index is -0.460. The normalized spacial score (nSPS) is 19.4. The maximum absolute atomic E-state index is 10.7. The van der Waals surface area contributed by atoms with Gasteiger partial charge in [-0.25, -0.2) is 4.98 Å². The molecule has 0 amide bonds. The fraction of sp³-hybridized carbons (Fsp3) is 0.545. The highest BCUT2D eigenvalue weighted by Gasteiger charge is 2.15. The van der Waals surface area contributed by atoms with Gasteiger partial charge in [0.15, 0.2) is 0 Å². The first-order chi connectivity index (χ1) is 8.65. The maximum Gasteiger partial charge on any atom is 0.276 e. The van der Waals surface area contributed by atoms with E-state index in [1.165, 1.54) is 37.1 Å². The predicted molar refractivity (Wildman–Crippen MR) is 73.9 cm³/mol. The molecular weight excluding hydrogens is 252 g/mol. The van der Waals surface area contributed by atoms with E-state index in [0.29, 0.717) is 11.1 Å². The lowest BCUT2D eigenvalue weighted by Crippen LogP contribution is -2.20. The lowest BCUT2D eigenvalue weighted by molar-refractivity contribution is -0.384. The molecule has 18 heavy (non-hydrogen) atoms. The summed E-state index contributed by atoms with van der Waals surface area (Å²) in [6, 6.07) is 2.68. The minimum absolute atomic E-state index is 0.0266. The Hall–Kier alpha value is -1.50. The summed E-state index contributed by atoms with van der Waals surface area (Å²) < 4.78 is 0. The van der Waals surface area contributed by atoms with Crippen molar-refractivity contribution in [2.45, 2.75) is 24.5 Å². The number of aromatic nitrogens is 1. The average molecular weight is 268 g/mol. The van der Waals surface area contributed by atoms with Crippen molar-refractivity contribution < 1.29 is 4.92 Å². The highest BCUT2D eigenvalue weighted by Crippen LogP contribution is 2.25. The largest absolute Gasteiger partial charge is 0.383 e. The molecule has 1 saturated heterocycles. The Morgan fingerprint density at radius 2 is 2.39 bits per heavy atom. The van der Waals surface area contributed by atoms with Crippen molar-refractivity contribution >= 4 is 29.1 Å². The zero-order valence-electron chi connectivity index (χ0n) is 9.96. The molecule has 0 spiro atoms. The Balaban J connectivity index is 1.97. The Kier molecular flexibility index (Phi) is 4.24. The molecule has 7 heteroatoms. The Labute approximate surface area is 110 Å². The van der Waals surface area contributed by atoms with Gasteiger partial charge in [0.05, 0.1) is 17.1 Å². The van der Waals surface area contributed by atoms with Gasteiger partial charge in [0.2, 0.25) is 0 Å². The lowest BCUT2D eigenvalue weighted by Gasteiger charge is -2.21. The molecule has 0 radical (unpaired) electrons. The molecule has 6 nitrogen and oxygen atoms in total. The van der Waals surface area contributed by atoms with Gasteiger partial charge >= 0.3 is 0 Å². The molecule has 1 fully saturated rings. The fourth-order valence-corrected chi connectivity index (χ4v) is 3.16. The summed E-state index contributed by atoms with van der Waals surface area (Å²) in [6.45, 7) is 0.776. The average Bonchev–Trinajstić information content (AvgIpc) is 2.37. The third kappa shape index (κ3) is 3.49. The number of nitrogens with two attached hydrogens (primary N) is 1. The summed E-state index contributed by atoms with van der Waals surface area (Å²) >= 11 is 1.94. The molecule has 98 valence electrons. The monoisotopic (exact) mass is 268 g/mol. The summed E-state index contributed by atoms with van der Waals surface area (Å²) in [5.74, 6) is 1.84. The quantitative estimate of drug-likeness (QED) is 0.642. The van der Waals surface area contributed by atoms with Crippen molar-refractivity contribution in [1.82, 2.24) is 4.98 Å². The number of pyridine rings is 1. The van der Waals surface area contributed by atoms with E-state index in [2.05, 4.69) is 10.3 Å². The van der Waals surface area contributed by atoms with E-state index < -0.39 is 4.92 Å². The highest BCUT2D eigenvalue weighted by atomic mass is 32.2. The van der Waals surface area contributed by atoms with Crippen LogP contribution in [0, 0.1) is 10.1 Å². The fourth-order valence-electron chi connectivity index (χ4n) is 1.92. The Morgan fingerprint density at radius 3 is 3.06 bits per heavy atom. The SMILES string of the molecule is Nc1cc([N+](=O)[O-])cc(NCC2CCCCS2)n1. The second kappa shape index (κ2) is 5.90. The number of nitrogen functional groups attached to an aromatic ring is 1. The van der Waals surface area contributed by atoms with Crippen molar-refractivity contribution in [2.24, 2.45) is 0 Å². The van der Waals surface area contributed by atoms with E-state index in [1.807, 2.05) is 11.8 Å². The van der Waals surface area contributed by atoms with Crippen LogP contribution >= 0.6 is 11.8 Å². The predicted octanol–water partition coefficient (Wildman–Crippen LogP) is 2.27. The van der Waals surface area contributed by atoms with Crippen LogP contribution in [0.1, 0.15) is 19.3 Å². The van der Waals surface area contributed by atoms with Crippen molar-refractivity contribution in [3.8, 4) is 0 Å². The van der Waals surface area contributed by atoms with Crippen LogP contribution in [0.2, 0.25) is 0 Å². The van der Waals surface area contributed by atoms with E-state index in [0.717, 1.165) is 6.54 Å². The van der Waals surface area contributed by atoms with Crippen LogP contribution in [-0.4, -0.2) is 27.5 Å². The van der Waals surface area contributed by atoms with Crippen LogP contribution in [0.4, 0.5) is 17.3 Å². The molecule has 2 heterocycles. The van der Waals surface area contributed by atoms with Crippen molar-refractivity contribution in [3.63, 3.8) is 0 Å². The van der Waals surface area contributed by atoms with Crippen LogP contribution < -0.4 is 11.1 Å². The number of anilines is 2. The standard InChI is InChI=1S/C11H16N4O2S/c12-10-5-8(15(16)17)6-11(14-10)13-7-9-3-1-2-4-18-9/h5-6,9H,1-4,7H2,(H3,12,13,14). The third-order valence-corrected chi connectivity index (χ3v) is 4.22. The number of hydrogen-bond acceptors (Lipinski definition) is 6. The first-order valence-electron chi connectivity index (χ1n) is 5.92. The number of thioether (sulfide) groups is 1. The van der Waals surface area contributed by atoms with Crippen LogP contribution in [-0.2, 0) is 0 Å². The van der Waals surface area contributed by atoms with Crippen LogP contribution in [0.3, 0.4) is 0 Å². The van der Waals surface area contributed by atoms with Gasteiger partial charge in [0, 0.05) is 11.8 Å². The smallest absolute Gasteiger partial charge is 0.276 e. The van der Waals surface area contributed by atoms with Crippen LogP contribution in [0.25, 0.3) is 0 Å². The summed E-state index contributed by atoms with van der Waals surface area (Å²) in [5.41, 5.74) is 5.52. The van der Waals surface area contributed by atoms with Gasteiger partial charge in [0.25, 0.3) is 5.69 Å². The van der Waals surface area contributed by atoms with E-state index in [9.17, 15) is 10.1 Å². The number of hydrogen-bond donors (Lipinski definition) is 2. The highest BCUT2D eigenvalue weighted by molar-refractivity contribution is 7.99. The molecule has 1 aromatic rings. The number of rotatable bonds is 4. The van der Waals surface area contributed by atoms with Gasteiger partial charge in [-0.3, -0.25) is 10.1 Å². The van der Waals surface area contributed by atoms with Gasteiger partial charge in [-0.05, 0) is 18.6 Å². The zero-order chi connectivity index (χ0) is 13.0. The van der Waals surface area contributed by atoms with Crippen molar-refractivity contribution in [1.29, 1.82) is 0 Å². The summed E-state index contributed by atoms with van der Waals surface area (Å²) in [5, 5.41) is 14.4. The first-order valence-corrected chi connectivity index (χ1v) is 6.97. The molecule has 2 rings (SSSR count). The Bertz CT molecular complexity index is 435. The first kappa shape index (κ1) is 12.9. The lowest BCUT2D eigenvalue weighted by atomic mass is 10.2. The topological polar surface area (TPSA) is 94.1 Å². The molecule has 1 aliphatic rings. The molecule has 0 aliphatic carbocycles. The van der Waals surface area contributed by atoms with E-state index in [1.54, 1.807) is 0 Å². The van der Waals surface area contributed by atoms with E-state index in [-0.39, 0.29) is 11.5 Å². The third-order valence-electron chi connectivity index (χ3n) is 2.83. The molecule has 1 atom stereocenters. The molecule has 3 N–H and O–H groups in total. The summed E-state index contributed by atoms with van der Waals surface area (Å²) in [7, 11) is 0. The molecule has 0 aromatic carbocycles. The van der Waals surface area contributed by atoms with Gasteiger partial charge in [-0.1, -0.05) is 6.42 Å². The minimum Gasteiger partial charge on any atom is -0.383 e. The van der Waals surface area contributed by atoms with Crippen molar-refractivity contribution in [2.75, 3.05) is 23.3 Å². The molecule has 0 bridgehead atoms. The molecule has 1 aliphatic heterocycles. The number of nitro groups is 1. The second-order valence-electron chi connectivity index (χ2n) is 4.26. The van der Waals surface area contributed by atoms with E-state index in [4.69, 9.17) is 5.73 Å². The zero-order valence-corrected chi connectivity index (χ0v) is 10.8. The van der Waals surface area contributed by atoms with E-state index >= 15 is 0 Å². The molecular formula is C11H16N4O2S. The molecule has 1 unspecified atom stereocenters. The summed E-state index contributed by atoms with van der Waals surface area (Å²) in [4.78, 5) is 14.3. The van der Waals surface area contributed by atoms with Crippen molar-refractivity contribution in [3.05, 3.63) is 22.2 Å². The number of nitrogens with one attached hydrogen (secondary N) is 1. The van der Waals surface area contributed by atoms with Crippen LogP contribution in [0.15, 0.2) is 12.1 Å². The molecule has 0 saturated carbocycles. The Morgan fingerprint density at radius 1 is 1.56 bits per heavy atom. The second-order valence-corrected chi connectivity index (χ2v) is 5.67. The van der Waals surface area contributed by atoms with Crippen LogP contribution in [0.5, 0.6) is 0 Å². The van der Waals surface area contributed by atoms with Gasteiger partial charge in [-0.2, -0.15) is 11.8 Å². The maximum atomic E-state index is 10.7. The van der Waals surface area contributed by atoms with Gasteiger partial charge in [0.1, 0.15) is 11.6 Å².